The Morgan fingerprint density at radius 1 is 1.17 bits per heavy atom. The van der Waals surface area contributed by atoms with Crippen LogP contribution in [0.5, 0.6) is 0 Å². The van der Waals surface area contributed by atoms with Gasteiger partial charge in [-0.05, 0) is 25.7 Å². The van der Waals surface area contributed by atoms with Gasteiger partial charge < -0.3 is 14.8 Å². The molecule has 7 nitrogen and oxygen atoms in total. The Bertz CT molecular complexity index is 742. The highest BCUT2D eigenvalue weighted by molar-refractivity contribution is 5.90. The first-order chi connectivity index (χ1) is 11.6. The minimum absolute atomic E-state index is 0.0172. The molecule has 4 heterocycles. The molecule has 1 N–H and O–H groups in total. The average Bonchev–Trinajstić information content (AvgIpc) is 3.22. The molecule has 0 bridgehead atoms. The van der Waals surface area contributed by atoms with Gasteiger partial charge in [0.05, 0.1) is 0 Å². The van der Waals surface area contributed by atoms with Crippen molar-refractivity contribution in [3.05, 3.63) is 27.9 Å². The van der Waals surface area contributed by atoms with Crippen LogP contribution in [-0.4, -0.2) is 45.4 Å². The number of hydrogen-bond donors (Lipinski definition) is 1. The first-order valence-electron chi connectivity index (χ1n) is 8.80. The summed E-state index contributed by atoms with van der Waals surface area (Å²) in [5.74, 6) is 1.03. The number of piperidine rings is 1. The van der Waals surface area contributed by atoms with Crippen LogP contribution in [0.15, 0.2) is 10.9 Å². The second-order valence-electron chi connectivity index (χ2n) is 6.97. The third kappa shape index (κ3) is 2.72. The molecule has 0 saturated carbocycles. The first-order valence-corrected chi connectivity index (χ1v) is 8.80. The van der Waals surface area contributed by atoms with Crippen molar-refractivity contribution in [2.75, 3.05) is 13.1 Å². The molecule has 0 radical (unpaired) electrons. The van der Waals surface area contributed by atoms with Gasteiger partial charge in [-0.1, -0.05) is 0 Å². The fourth-order valence-electron chi connectivity index (χ4n) is 4.19. The summed E-state index contributed by atoms with van der Waals surface area (Å²) in [5, 5.41) is 2.76. The second kappa shape index (κ2) is 6.03. The molecule has 3 aliphatic rings. The SMILES string of the molecule is O=C1CC[C@H](C(=O)N2CCC[C@@H](c3cc(=O)nc4n3CCC4)C2)N1. The Morgan fingerprint density at radius 3 is 2.83 bits per heavy atom. The van der Waals surface area contributed by atoms with Crippen LogP contribution < -0.4 is 10.9 Å². The quantitative estimate of drug-likeness (QED) is 0.838. The minimum atomic E-state index is -0.373. The number of carbonyl (C=O) groups is 2. The van der Waals surface area contributed by atoms with Gasteiger partial charge in [0.15, 0.2) is 0 Å². The standard InChI is InChI=1S/C17H22N4O3/c22-15-6-5-12(18-15)17(24)20-7-1-3-11(10-20)13-9-16(23)19-14-4-2-8-21(13)14/h9,11-12H,1-8,10H2,(H,18,22)/t11-,12-/m1/s1. The molecule has 7 heteroatoms. The van der Waals surface area contributed by atoms with Crippen LogP contribution in [0.3, 0.4) is 0 Å². The summed E-state index contributed by atoms with van der Waals surface area (Å²) >= 11 is 0. The van der Waals surface area contributed by atoms with E-state index in [1.54, 1.807) is 6.07 Å². The molecule has 1 aromatic heterocycles. The largest absolute Gasteiger partial charge is 0.344 e. The number of amides is 2. The maximum Gasteiger partial charge on any atom is 0.273 e. The average molecular weight is 330 g/mol. The molecule has 3 aliphatic heterocycles. The summed E-state index contributed by atoms with van der Waals surface area (Å²) in [4.78, 5) is 41.9. The molecular weight excluding hydrogens is 308 g/mol. The lowest BCUT2D eigenvalue weighted by Gasteiger charge is -2.35. The summed E-state index contributed by atoms with van der Waals surface area (Å²) in [6.45, 7) is 2.25. The number of rotatable bonds is 2. The number of likely N-dealkylation sites (tertiary alicyclic amines) is 1. The first kappa shape index (κ1) is 15.4. The van der Waals surface area contributed by atoms with Crippen LogP contribution in [0.25, 0.3) is 0 Å². The highest BCUT2D eigenvalue weighted by Gasteiger charge is 2.34. The van der Waals surface area contributed by atoms with Gasteiger partial charge in [-0.2, -0.15) is 4.98 Å². The molecule has 4 rings (SSSR count). The molecule has 0 unspecified atom stereocenters. The Balaban J connectivity index is 1.54. The second-order valence-corrected chi connectivity index (χ2v) is 6.97. The summed E-state index contributed by atoms with van der Waals surface area (Å²) < 4.78 is 2.16. The Labute approximate surface area is 140 Å². The van der Waals surface area contributed by atoms with Crippen molar-refractivity contribution < 1.29 is 9.59 Å². The third-order valence-electron chi connectivity index (χ3n) is 5.36. The van der Waals surface area contributed by atoms with E-state index in [0.29, 0.717) is 19.4 Å². The van der Waals surface area contributed by atoms with E-state index in [1.165, 1.54) is 0 Å². The zero-order valence-corrected chi connectivity index (χ0v) is 13.7. The molecule has 24 heavy (non-hydrogen) atoms. The van der Waals surface area contributed by atoms with E-state index in [9.17, 15) is 14.4 Å². The van der Waals surface area contributed by atoms with Crippen molar-refractivity contribution in [3.63, 3.8) is 0 Å². The zero-order chi connectivity index (χ0) is 16.7. The van der Waals surface area contributed by atoms with Gasteiger partial charge in [-0.25, -0.2) is 0 Å². The van der Waals surface area contributed by atoms with E-state index in [4.69, 9.17) is 0 Å². The summed E-state index contributed by atoms with van der Waals surface area (Å²) in [6, 6.07) is 1.27. The smallest absolute Gasteiger partial charge is 0.273 e. The summed E-state index contributed by atoms with van der Waals surface area (Å²) in [5.41, 5.74) is 0.847. The third-order valence-corrected chi connectivity index (χ3v) is 5.36. The van der Waals surface area contributed by atoms with Gasteiger partial charge in [-0.15, -0.1) is 0 Å². The van der Waals surface area contributed by atoms with Gasteiger partial charge >= 0.3 is 0 Å². The Morgan fingerprint density at radius 2 is 2.04 bits per heavy atom. The van der Waals surface area contributed by atoms with Crippen molar-refractivity contribution in [1.82, 2.24) is 19.8 Å². The van der Waals surface area contributed by atoms with Crippen molar-refractivity contribution >= 4 is 11.8 Å². The number of aromatic nitrogens is 2. The van der Waals surface area contributed by atoms with Gasteiger partial charge in [-0.3, -0.25) is 14.4 Å². The molecule has 128 valence electrons. The normalized spacial score (nSPS) is 26.3. The van der Waals surface area contributed by atoms with Crippen LogP contribution in [0.1, 0.15) is 49.5 Å². The summed E-state index contributed by atoms with van der Waals surface area (Å²) in [6.07, 6.45) is 4.79. The molecule has 0 spiro atoms. The predicted molar refractivity (Wildman–Crippen MR) is 86.5 cm³/mol. The lowest BCUT2D eigenvalue weighted by atomic mass is 9.93. The molecule has 1 aromatic rings. The van der Waals surface area contributed by atoms with Gasteiger partial charge in [0, 0.05) is 50.2 Å². The number of hydrogen-bond acceptors (Lipinski definition) is 4. The number of fused-ring (bicyclic) bond motifs is 1. The zero-order valence-electron chi connectivity index (χ0n) is 13.7. The van der Waals surface area contributed by atoms with E-state index in [0.717, 1.165) is 50.3 Å². The van der Waals surface area contributed by atoms with Crippen LogP contribution in [0.2, 0.25) is 0 Å². The maximum atomic E-state index is 12.7. The van der Waals surface area contributed by atoms with Crippen LogP contribution >= 0.6 is 0 Å². The highest BCUT2D eigenvalue weighted by Crippen LogP contribution is 2.29. The van der Waals surface area contributed by atoms with Gasteiger partial charge in [0.2, 0.25) is 11.8 Å². The van der Waals surface area contributed by atoms with Gasteiger partial charge in [0.1, 0.15) is 11.9 Å². The minimum Gasteiger partial charge on any atom is -0.344 e. The highest BCUT2D eigenvalue weighted by atomic mass is 16.2. The van der Waals surface area contributed by atoms with Crippen molar-refractivity contribution in [1.29, 1.82) is 0 Å². The monoisotopic (exact) mass is 330 g/mol. The van der Waals surface area contributed by atoms with E-state index in [-0.39, 0.29) is 29.3 Å². The number of carbonyl (C=O) groups excluding carboxylic acids is 2. The van der Waals surface area contributed by atoms with Crippen LogP contribution in [0.4, 0.5) is 0 Å². The molecule has 0 aromatic carbocycles. The van der Waals surface area contributed by atoms with Crippen LogP contribution in [-0.2, 0) is 22.6 Å². The van der Waals surface area contributed by atoms with Crippen molar-refractivity contribution in [3.8, 4) is 0 Å². The van der Waals surface area contributed by atoms with E-state index < -0.39 is 0 Å². The fraction of sp³-hybridized carbons (Fsp3) is 0.647. The van der Waals surface area contributed by atoms with E-state index in [2.05, 4.69) is 14.9 Å². The Kier molecular flexibility index (Phi) is 3.86. The number of nitrogens with one attached hydrogen (secondary N) is 1. The molecule has 2 atom stereocenters. The van der Waals surface area contributed by atoms with Crippen molar-refractivity contribution in [2.24, 2.45) is 0 Å². The molecular formula is C17H22N4O3. The van der Waals surface area contributed by atoms with Crippen molar-refractivity contribution in [2.45, 2.75) is 57.0 Å². The summed E-state index contributed by atoms with van der Waals surface area (Å²) in [7, 11) is 0. The molecule has 2 amide bonds. The number of aryl methyl sites for hydroxylation is 1. The fourth-order valence-corrected chi connectivity index (χ4v) is 4.19. The van der Waals surface area contributed by atoms with E-state index >= 15 is 0 Å². The lowest BCUT2D eigenvalue weighted by molar-refractivity contribution is -0.135. The topological polar surface area (TPSA) is 84.3 Å². The number of nitrogens with zero attached hydrogens (tertiary/aromatic N) is 3. The predicted octanol–water partition coefficient (Wildman–Crippen LogP) is 0.174. The maximum absolute atomic E-state index is 12.7. The molecule has 2 saturated heterocycles. The van der Waals surface area contributed by atoms with Crippen LogP contribution in [0, 0.1) is 0 Å². The van der Waals surface area contributed by atoms with Gasteiger partial charge in [0.25, 0.3) is 5.56 Å². The lowest BCUT2D eigenvalue weighted by Crippen LogP contribution is -2.48. The van der Waals surface area contributed by atoms with E-state index in [1.807, 2.05) is 4.90 Å². The molecule has 0 aliphatic carbocycles. The molecule has 2 fully saturated rings. The Hall–Kier alpha value is -2.18.